The van der Waals surface area contributed by atoms with Crippen molar-refractivity contribution < 1.29 is 23.4 Å². The monoisotopic (exact) mass is 504 g/mol. The summed E-state index contributed by atoms with van der Waals surface area (Å²) in [5.74, 6) is -0.177. The van der Waals surface area contributed by atoms with Crippen LogP contribution in [0.3, 0.4) is 0 Å². The van der Waals surface area contributed by atoms with Gasteiger partial charge >= 0.3 is 5.97 Å². The Balaban J connectivity index is 1.79. The Bertz CT molecular complexity index is 1610. The van der Waals surface area contributed by atoms with E-state index in [9.17, 15) is 9.18 Å². The minimum absolute atomic E-state index is 0.124. The molecule has 5 rings (SSSR count). The Labute approximate surface area is 211 Å². The van der Waals surface area contributed by atoms with Crippen LogP contribution in [-0.2, 0) is 11.3 Å². The lowest BCUT2D eigenvalue weighted by atomic mass is 10.1. The van der Waals surface area contributed by atoms with E-state index in [1.807, 2.05) is 41.0 Å². The van der Waals surface area contributed by atoms with Gasteiger partial charge in [-0.25, -0.2) is 14.2 Å². The summed E-state index contributed by atoms with van der Waals surface area (Å²) in [7, 11) is 4.35. The van der Waals surface area contributed by atoms with Gasteiger partial charge < -0.3 is 18.8 Å². The predicted octanol–water partition coefficient (Wildman–Crippen LogP) is 6.50. The molecule has 0 saturated carbocycles. The second kappa shape index (κ2) is 9.51. The van der Waals surface area contributed by atoms with Crippen molar-refractivity contribution in [3.8, 4) is 22.8 Å². The van der Waals surface area contributed by atoms with Gasteiger partial charge in [0.1, 0.15) is 5.75 Å². The predicted molar refractivity (Wildman–Crippen MR) is 138 cm³/mol. The van der Waals surface area contributed by atoms with Gasteiger partial charge in [-0.2, -0.15) is 0 Å². The van der Waals surface area contributed by atoms with Crippen molar-refractivity contribution >= 4 is 39.5 Å². The lowest BCUT2D eigenvalue weighted by molar-refractivity contribution is 0.0602. The average molecular weight is 505 g/mol. The van der Waals surface area contributed by atoms with Crippen LogP contribution < -0.4 is 9.47 Å². The number of carbonyl (C=O) groups excluding carboxylic acids is 1. The van der Waals surface area contributed by atoms with Crippen LogP contribution >= 0.6 is 11.6 Å². The minimum atomic E-state index is -0.525. The largest absolute Gasteiger partial charge is 0.497 e. The maximum absolute atomic E-state index is 14.5. The lowest BCUT2D eigenvalue weighted by Crippen LogP contribution is -2.08. The molecule has 0 aliphatic heterocycles. The van der Waals surface area contributed by atoms with E-state index in [0.29, 0.717) is 39.4 Å². The molecule has 2 heterocycles. The minimum Gasteiger partial charge on any atom is -0.497 e. The summed E-state index contributed by atoms with van der Waals surface area (Å²) >= 11 is 6.37. The molecule has 36 heavy (non-hydrogen) atoms. The number of halogens is 2. The highest BCUT2D eigenvalue weighted by molar-refractivity contribution is 6.31. The van der Waals surface area contributed by atoms with Gasteiger partial charge in [0.05, 0.1) is 49.1 Å². The van der Waals surface area contributed by atoms with E-state index >= 15 is 0 Å². The van der Waals surface area contributed by atoms with Crippen LogP contribution in [0.2, 0.25) is 5.02 Å². The quantitative estimate of drug-likeness (QED) is 0.247. The fraction of sp³-hybridized carbons (Fsp3) is 0.143. The summed E-state index contributed by atoms with van der Waals surface area (Å²) < 4.78 is 31.9. The fourth-order valence-electron chi connectivity index (χ4n) is 4.37. The molecule has 182 valence electrons. The van der Waals surface area contributed by atoms with Crippen molar-refractivity contribution in [2.75, 3.05) is 21.3 Å². The van der Waals surface area contributed by atoms with Crippen LogP contribution in [0.1, 0.15) is 15.9 Å². The molecular formula is C28H22ClFN2O4. The lowest BCUT2D eigenvalue weighted by Gasteiger charge is -2.12. The highest BCUT2D eigenvalue weighted by Crippen LogP contribution is 2.36. The van der Waals surface area contributed by atoms with Crippen molar-refractivity contribution in [1.29, 1.82) is 0 Å². The van der Waals surface area contributed by atoms with Gasteiger partial charge in [0.15, 0.2) is 11.6 Å². The van der Waals surface area contributed by atoms with E-state index < -0.39 is 11.8 Å². The number of nitrogens with zero attached hydrogens (tertiary/aromatic N) is 2. The Morgan fingerprint density at radius 1 is 0.972 bits per heavy atom. The molecule has 0 unspecified atom stereocenters. The number of pyridine rings is 1. The molecule has 0 aliphatic carbocycles. The van der Waals surface area contributed by atoms with Crippen molar-refractivity contribution in [1.82, 2.24) is 9.55 Å². The summed E-state index contributed by atoms with van der Waals surface area (Å²) in [6, 6.07) is 19.4. The Hall–Kier alpha value is -4.10. The van der Waals surface area contributed by atoms with E-state index in [4.69, 9.17) is 30.8 Å². The molecule has 0 radical (unpaired) electrons. The maximum atomic E-state index is 14.5. The molecule has 8 heteroatoms. The van der Waals surface area contributed by atoms with Crippen LogP contribution in [0.4, 0.5) is 4.39 Å². The third kappa shape index (κ3) is 4.12. The van der Waals surface area contributed by atoms with Crippen LogP contribution in [-0.4, -0.2) is 36.8 Å². The number of esters is 1. The molecule has 5 aromatic rings. The highest BCUT2D eigenvalue weighted by Gasteiger charge is 2.22. The van der Waals surface area contributed by atoms with Gasteiger partial charge in [0.2, 0.25) is 0 Å². The number of rotatable bonds is 6. The smallest absolute Gasteiger partial charge is 0.340 e. The third-order valence-electron chi connectivity index (χ3n) is 6.12. The molecule has 0 amide bonds. The molecule has 0 N–H and O–H groups in total. The summed E-state index contributed by atoms with van der Waals surface area (Å²) in [4.78, 5) is 17.9. The molecule has 0 spiro atoms. The molecule has 0 aliphatic rings. The third-order valence-corrected chi connectivity index (χ3v) is 6.36. The van der Waals surface area contributed by atoms with Gasteiger partial charge in [0.25, 0.3) is 0 Å². The zero-order valence-electron chi connectivity index (χ0n) is 19.8. The topological polar surface area (TPSA) is 62.6 Å². The fourth-order valence-corrected chi connectivity index (χ4v) is 4.53. The highest BCUT2D eigenvalue weighted by atomic mass is 35.5. The summed E-state index contributed by atoms with van der Waals surface area (Å²) in [6.07, 6.45) is 0. The van der Waals surface area contributed by atoms with Gasteiger partial charge in [-0.3, -0.25) is 0 Å². The van der Waals surface area contributed by atoms with Crippen molar-refractivity contribution in [2.45, 2.75) is 6.54 Å². The number of benzene rings is 3. The van der Waals surface area contributed by atoms with Gasteiger partial charge in [0, 0.05) is 22.5 Å². The molecule has 3 aromatic carbocycles. The molecule has 0 bridgehead atoms. The first kappa shape index (κ1) is 23.6. The van der Waals surface area contributed by atoms with Gasteiger partial charge in [-0.1, -0.05) is 23.7 Å². The number of ether oxygens (including phenoxy) is 3. The van der Waals surface area contributed by atoms with Crippen LogP contribution in [0.25, 0.3) is 33.2 Å². The number of hydrogen-bond acceptors (Lipinski definition) is 5. The first-order valence-electron chi connectivity index (χ1n) is 11.1. The molecule has 2 aromatic heterocycles. The van der Waals surface area contributed by atoms with E-state index in [1.165, 1.54) is 26.4 Å². The molecular weight excluding hydrogens is 483 g/mol. The van der Waals surface area contributed by atoms with Crippen LogP contribution in [0, 0.1) is 5.82 Å². The second-order valence-electron chi connectivity index (χ2n) is 8.19. The zero-order chi connectivity index (χ0) is 25.4. The Morgan fingerprint density at radius 2 is 1.75 bits per heavy atom. The van der Waals surface area contributed by atoms with Gasteiger partial charge in [-0.15, -0.1) is 0 Å². The summed E-state index contributed by atoms with van der Waals surface area (Å²) in [6.45, 7) is 0.451. The number of carbonyl (C=O) groups is 1. The maximum Gasteiger partial charge on any atom is 0.340 e. The Kier molecular flexibility index (Phi) is 6.24. The van der Waals surface area contributed by atoms with Crippen molar-refractivity contribution in [3.05, 3.63) is 88.7 Å². The molecule has 0 saturated heterocycles. The van der Waals surface area contributed by atoms with Gasteiger partial charge in [-0.05, 0) is 60.2 Å². The van der Waals surface area contributed by atoms with Crippen LogP contribution in [0.15, 0.2) is 66.7 Å². The van der Waals surface area contributed by atoms with E-state index in [2.05, 4.69) is 0 Å². The first-order valence-corrected chi connectivity index (χ1v) is 11.5. The van der Waals surface area contributed by atoms with Crippen molar-refractivity contribution in [2.24, 2.45) is 0 Å². The number of fused-ring (bicyclic) bond motifs is 3. The van der Waals surface area contributed by atoms with E-state index in [0.717, 1.165) is 22.2 Å². The second-order valence-corrected chi connectivity index (χ2v) is 8.63. The van der Waals surface area contributed by atoms with Crippen LogP contribution in [0.5, 0.6) is 11.5 Å². The standard InChI is InChI=1S/C28H22ClFN2O4/c1-34-19-8-4-16(5-9-19)15-32-24-13-18(29)7-10-20(24)26-27(32)21(28(33)36-3)14-23(31-26)17-6-11-25(35-2)22(30)12-17/h4-14H,15H2,1-3H3. The van der Waals surface area contributed by atoms with E-state index in [-0.39, 0.29) is 5.75 Å². The van der Waals surface area contributed by atoms with E-state index in [1.54, 1.807) is 25.3 Å². The average Bonchev–Trinajstić information content (AvgIpc) is 3.20. The SMILES string of the molecule is COC(=O)c1cc(-c2ccc(OC)c(F)c2)nc2c3ccc(Cl)cc3n(Cc3ccc(OC)cc3)c12. The summed E-state index contributed by atoms with van der Waals surface area (Å²) in [5.41, 5.74) is 4.25. The molecule has 0 fully saturated rings. The normalized spacial score (nSPS) is 11.1. The summed E-state index contributed by atoms with van der Waals surface area (Å²) in [5, 5.41) is 1.36. The Morgan fingerprint density at radius 3 is 2.42 bits per heavy atom. The zero-order valence-corrected chi connectivity index (χ0v) is 20.6. The first-order chi connectivity index (χ1) is 17.4. The molecule has 6 nitrogen and oxygen atoms in total. The number of aromatic nitrogens is 2. The molecule has 0 atom stereocenters. The number of methoxy groups -OCH3 is 3. The number of hydrogen-bond donors (Lipinski definition) is 0. The van der Waals surface area contributed by atoms with Crippen molar-refractivity contribution in [3.63, 3.8) is 0 Å².